The lowest BCUT2D eigenvalue weighted by atomic mass is 9.94. The summed E-state index contributed by atoms with van der Waals surface area (Å²) in [6, 6.07) is 12.5. The summed E-state index contributed by atoms with van der Waals surface area (Å²) in [6.07, 6.45) is 0.985. The van der Waals surface area contributed by atoms with E-state index in [0.29, 0.717) is 0 Å². The smallest absolute Gasteiger partial charge is 0.131 e. The molecule has 1 aliphatic rings. The van der Waals surface area contributed by atoms with Crippen LogP contribution in [0.4, 0.5) is 0 Å². The number of ether oxygens (including phenoxy) is 1. The minimum Gasteiger partial charge on any atom is -0.457 e. The Hall–Kier alpha value is -1.76. The van der Waals surface area contributed by atoms with Gasteiger partial charge >= 0.3 is 0 Å². The average molecular weight is 210 g/mol. The first-order valence-corrected chi connectivity index (χ1v) is 5.60. The molecule has 1 nitrogen and oxygen atoms in total. The molecule has 0 aromatic heterocycles. The van der Waals surface area contributed by atoms with Crippen LogP contribution in [-0.4, -0.2) is 0 Å². The summed E-state index contributed by atoms with van der Waals surface area (Å²) in [5.41, 5.74) is 5.30. The normalized spacial score (nSPS) is 12.6. The van der Waals surface area contributed by atoms with Crippen LogP contribution in [0.15, 0.2) is 36.4 Å². The van der Waals surface area contributed by atoms with Gasteiger partial charge in [0, 0.05) is 12.0 Å². The van der Waals surface area contributed by atoms with Crippen molar-refractivity contribution in [1.82, 2.24) is 0 Å². The Morgan fingerprint density at radius 1 is 0.938 bits per heavy atom. The zero-order chi connectivity index (χ0) is 11.1. The second-order valence-corrected chi connectivity index (χ2v) is 4.37. The van der Waals surface area contributed by atoms with E-state index in [1.54, 1.807) is 0 Å². The lowest BCUT2D eigenvalue weighted by Crippen LogP contribution is -2.05. The van der Waals surface area contributed by atoms with Gasteiger partial charge in [-0.2, -0.15) is 0 Å². The standard InChI is InChI=1S/C15H14O/c1-10-7-8-15-13(11(10)2)9-12-5-3-4-6-14(12)16-15/h3-8H,9H2,1-2H3. The minimum atomic E-state index is 0.985. The van der Waals surface area contributed by atoms with E-state index >= 15 is 0 Å². The molecule has 0 radical (unpaired) electrons. The summed E-state index contributed by atoms with van der Waals surface area (Å²) in [4.78, 5) is 0. The van der Waals surface area contributed by atoms with Gasteiger partial charge in [0.05, 0.1) is 0 Å². The zero-order valence-electron chi connectivity index (χ0n) is 9.58. The summed E-state index contributed by atoms with van der Waals surface area (Å²) in [5.74, 6) is 2.01. The fourth-order valence-corrected chi connectivity index (χ4v) is 2.22. The Labute approximate surface area is 95.7 Å². The molecule has 0 bridgehead atoms. The van der Waals surface area contributed by atoms with E-state index in [1.165, 1.54) is 22.3 Å². The number of hydrogen-bond acceptors (Lipinski definition) is 1. The van der Waals surface area contributed by atoms with Gasteiger partial charge in [-0.25, -0.2) is 0 Å². The highest BCUT2D eigenvalue weighted by molar-refractivity contribution is 5.53. The molecule has 1 heteroatoms. The molecule has 3 rings (SSSR count). The number of aryl methyl sites for hydroxylation is 1. The van der Waals surface area contributed by atoms with Gasteiger partial charge in [0.1, 0.15) is 11.5 Å². The average Bonchev–Trinajstić information content (AvgIpc) is 2.32. The van der Waals surface area contributed by atoms with Crippen LogP contribution in [0.1, 0.15) is 22.3 Å². The van der Waals surface area contributed by atoms with Crippen molar-refractivity contribution in [3.05, 3.63) is 58.7 Å². The molecule has 0 N–H and O–H groups in total. The highest BCUT2D eigenvalue weighted by Gasteiger charge is 2.18. The molecule has 0 saturated heterocycles. The van der Waals surface area contributed by atoms with Crippen molar-refractivity contribution in [2.45, 2.75) is 20.3 Å². The number of rotatable bonds is 0. The highest BCUT2D eigenvalue weighted by Crippen LogP contribution is 2.38. The Morgan fingerprint density at radius 2 is 1.75 bits per heavy atom. The Morgan fingerprint density at radius 3 is 2.62 bits per heavy atom. The van der Waals surface area contributed by atoms with Gasteiger partial charge in [0.25, 0.3) is 0 Å². The molecule has 0 saturated carbocycles. The molecule has 0 aliphatic carbocycles. The summed E-state index contributed by atoms with van der Waals surface area (Å²) in [6.45, 7) is 4.32. The summed E-state index contributed by atoms with van der Waals surface area (Å²) < 4.78 is 5.91. The number of hydrogen-bond donors (Lipinski definition) is 0. The molecule has 2 aromatic rings. The largest absolute Gasteiger partial charge is 0.457 e. The van der Waals surface area contributed by atoms with Crippen molar-refractivity contribution in [2.24, 2.45) is 0 Å². The lowest BCUT2D eigenvalue weighted by Gasteiger charge is -2.22. The first kappa shape index (κ1) is 9.46. The molecule has 0 spiro atoms. The van der Waals surface area contributed by atoms with E-state index in [0.717, 1.165) is 17.9 Å². The predicted octanol–water partition coefficient (Wildman–Crippen LogP) is 4.00. The molecule has 2 aromatic carbocycles. The predicted molar refractivity (Wildman–Crippen MR) is 65.2 cm³/mol. The molecule has 1 aliphatic heterocycles. The molecule has 80 valence electrons. The van der Waals surface area contributed by atoms with Gasteiger partial charge in [-0.05, 0) is 42.7 Å². The summed E-state index contributed by atoms with van der Waals surface area (Å²) in [5, 5.41) is 0. The van der Waals surface area contributed by atoms with Crippen LogP contribution in [0.2, 0.25) is 0 Å². The minimum absolute atomic E-state index is 0.985. The van der Waals surface area contributed by atoms with E-state index in [1.807, 2.05) is 12.1 Å². The van der Waals surface area contributed by atoms with Gasteiger partial charge in [0.2, 0.25) is 0 Å². The fourth-order valence-electron chi connectivity index (χ4n) is 2.22. The van der Waals surface area contributed by atoms with E-state index in [-0.39, 0.29) is 0 Å². The molecule has 0 unspecified atom stereocenters. The van der Waals surface area contributed by atoms with Crippen LogP contribution in [0.3, 0.4) is 0 Å². The lowest BCUT2D eigenvalue weighted by molar-refractivity contribution is 0.459. The van der Waals surface area contributed by atoms with Gasteiger partial charge in [-0.3, -0.25) is 0 Å². The Kier molecular flexibility index (Phi) is 2.00. The fraction of sp³-hybridized carbons (Fsp3) is 0.200. The van der Waals surface area contributed by atoms with Gasteiger partial charge < -0.3 is 4.74 Å². The molecule has 0 atom stereocenters. The molecule has 1 heterocycles. The number of fused-ring (bicyclic) bond motifs is 2. The van der Waals surface area contributed by atoms with Crippen LogP contribution >= 0.6 is 0 Å². The van der Waals surface area contributed by atoms with Crippen LogP contribution in [0.25, 0.3) is 0 Å². The third kappa shape index (κ3) is 1.32. The van der Waals surface area contributed by atoms with Crippen molar-refractivity contribution in [1.29, 1.82) is 0 Å². The van der Waals surface area contributed by atoms with Gasteiger partial charge in [0.15, 0.2) is 0 Å². The monoisotopic (exact) mass is 210 g/mol. The van der Waals surface area contributed by atoms with Crippen molar-refractivity contribution < 1.29 is 4.74 Å². The van der Waals surface area contributed by atoms with Gasteiger partial charge in [-0.1, -0.05) is 24.3 Å². The van der Waals surface area contributed by atoms with E-state index in [2.05, 4.69) is 38.1 Å². The van der Waals surface area contributed by atoms with Crippen LogP contribution in [-0.2, 0) is 6.42 Å². The van der Waals surface area contributed by atoms with E-state index in [9.17, 15) is 0 Å². The Bertz CT molecular complexity index is 555. The summed E-state index contributed by atoms with van der Waals surface area (Å²) in [7, 11) is 0. The maximum atomic E-state index is 5.91. The SMILES string of the molecule is Cc1ccc2c(c1C)Cc1ccccc1O2. The second kappa shape index (κ2) is 3.38. The highest BCUT2D eigenvalue weighted by atomic mass is 16.5. The maximum absolute atomic E-state index is 5.91. The van der Waals surface area contributed by atoms with Crippen molar-refractivity contribution >= 4 is 0 Å². The van der Waals surface area contributed by atoms with Crippen LogP contribution in [0, 0.1) is 13.8 Å². The quantitative estimate of drug-likeness (QED) is 0.545. The first-order chi connectivity index (χ1) is 7.75. The van der Waals surface area contributed by atoms with Gasteiger partial charge in [-0.15, -0.1) is 0 Å². The molecule has 0 amide bonds. The van der Waals surface area contributed by atoms with Crippen molar-refractivity contribution in [2.75, 3.05) is 0 Å². The van der Waals surface area contributed by atoms with Crippen molar-refractivity contribution in [3.63, 3.8) is 0 Å². The number of benzene rings is 2. The molecular weight excluding hydrogens is 196 g/mol. The number of para-hydroxylation sites is 1. The van der Waals surface area contributed by atoms with E-state index < -0.39 is 0 Å². The third-order valence-corrected chi connectivity index (χ3v) is 3.39. The van der Waals surface area contributed by atoms with Crippen molar-refractivity contribution in [3.8, 4) is 11.5 Å². The van der Waals surface area contributed by atoms with Crippen LogP contribution in [0.5, 0.6) is 11.5 Å². The molecule has 16 heavy (non-hydrogen) atoms. The summed E-state index contributed by atoms with van der Waals surface area (Å²) >= 11 is 0. The first-order valence-electron chi connectivity index (χ1n) is 5.60. The van der Waals surface area contributed by atoms with E-state index in [4.69, 9.17) is 4.74 Å². The molecular formula is C15H14O. The molecule has 0 fully saturated rings. The Balaban J connectivity index is 2.16. The topological polar surface area (TPSA) is 9.23 Å². The van der Waals surface area contributed by atoms with Crippen LogP contribution < -0.4 is 4.74 Å². The third-order valence-electron chi connectivity index (χ3n) is 3.39. The second-order valence-electron chi connectivity index (χ2n) is 4.37. The zero-order valence-corrected chi connectivity index (χ0v) is 9.58. The maximum Gasteiger partial charge on any atom is 0.131 e.